The first-order valence-corrected chi connectivity index (χ1v) is 6.88. The van der Waals surface area contributed by atoms with Crippen molar-refractivity contribution < 1.29 is 15.0 Å². The van der Waals surface area contributed by atoms with Crippen LogP contribution < -0.4 is 0 Å². The number of aliphatic hydroxyl groups excluding tert-OH is 1. The van der Waals surface area contributed by atoms with Gasteiger partial charge in [-0.2, -0.15) is 0 Å². The standard InChI is InChI=1S/C15H21NO3/c17-14-2-1-9-16(11-8-14)10-7-12-3-5-13(6-4-12)15(18)19/h3-6,14,17H,1-2,7-11H2,(H,18,19). The first-order valence-electron chi connectivity index (χ1n) is 6.88. The number of likely N-dealkylation sites (tertiary alicyclic amines) is 1. The molecule has 4 heteroatoms. The molecule has 0 amide bonds. The van der Waals surface area contributed by atoms with Crippen molar-refractivity contribution >= 4 is 5.97 Å². The number of aliphatic hydroxyl groups is 1. The van der Waals surface area contributed by atoms with E-state index in [1.165, 1.54) is 0 Å². The lowest BCUT2D eigenvalue weighted by atomic mass is 10.1. The summed E-state index contributed by atoms with van der Waals surface area (Å²) in [5.74, 6) is -0.881. The van der Waals surface area contributed by atoms with Crippen LogP contribution in [0.15, 0.2) is 24.3 Å². The summed E-state index contributed by atoms with van der Waals surface area (Å²) in [4.78, 5) is 13.1. The Bertz CT molecular complexity index is 416. The van der Waals surface area contributed by atoms with Crippen LogP contribution in [0.4, 0.5) is 0 Å². The quantitative estimate of drug-likeness (QED) is 0.869. The van der Waals surface area contributed by atoms with Crippen LogP contribution in [0.1, 0.15) is 35.2 Å². The van der Waals surface area contributed by atoms with E-state index in [1.807, 2.05) is 12.1 Å². The largest absolute Gasteiger partial charge is 0.478 e. The minimum atomic E-state index is -0.881. The molecule has 1 heterocycles. The Labute approximate surface area is 113 Å². The fourth-order valence-corrected chi connectivity index (χ4v) is 2.46. The normalized spacial score (nSPS) is 21.0. The fraction of sp³-hybridized carbons (Fsp3) is 0.533. The Morgan fingerprint density at radius 3 is 2.63 bits per heavy atom. The summed E-state index contributed by atoms with van der Waals surface area (Å²) in [5.41, 5.74) is 1.50. The third-order valence-corrected chi connectivity index (χ3v) is 3.71. The third kappa shape index (κ3) is 4.33. The molecular weight excluding hydrogens is 242 g/mol. The number of rotatable bonds is 4. The van der Waals surface area contributed by atoms with Crippen molar-refractivity contribution in [1.82, 2.24) is 4.90 Å². The molecule has 0 aromatic heterocycles. The Morgan fingerprint density at radius 2 is 1.95 bits per heavy atom. The van der Waals surface area contributed by atoms with Gasteiger partial charge in [-0.05, 0) is 49.9 Å². The van der Waals surface area contributed by atoms with Crippen molar-refractivity contribution in [3.05, 3.63) is 35.4 Å². The van der Waals surface area contributed by atoms with E-state index in [0.717, 1.165) is 50.9 Å². The number of hydrogen-bond donors (Lipinski definition) is 2. The smallest absolute Gasteiger partial charge is 0.335 e. The Hall–Kier alpha value is -1.39. The van der Waals surface area contributed by atoms with Gasteiger partial charge < -0.3 is 15.1 Å². The van der Waals surface area contributed by atoms with Crippen LogP contribution in [-0.4, -0.2) is 46.8 Å². The Balaban J connectivity index is 1.83. The van der Waals surface area contributed by atoms with Gasteiger partial charge in [0.05, 0.1) is 11.7 Å². The van der Waals surface area contributed by atoms with Gasteiger partial charge in [-0.15, -0.1) is 0 Å². The van der Waals surface area contributed by atoms with Crippen molar-refractivity contribution in [3.8, 4) is 0 Å². The molecule has 0 aliphatic carbocycles. The highest BCUT2D eigenvalue weighted by molar-refractivity contribution is 5.87. The molecular formula is C15H21NO3. The maximum atomic E-state index is 10.8. The van der Waals surface area contributed by atoms with Crippen LogP contribution in [-0.2, 0) is 6.42 Å². The zero-order valence-corrected chi connectivity index (χ0v) is 11.1. The van der Waals surface area contributed by atoms with Crippen molar-refractivity contribution in [2.24, 2.45) is 0 Å². The SMILES string of the molecule is O=C(O)c1ccc(CCN2CCCC(O)CC2)cc1. The molecule has 0 bridgehead atoms. The minimum Gasteiger partial charge on any atom is -0.478 e. The highest BCUT2D eigenvalue weighted by Crippen LogP contribution is 2.12. The lowest BCUT2D eigenvalue weighted by molar-refractivity contribution is 0.0697. The summed E-state index contributed by atoms with van der Waals surface area (Å²) in [5, 5.41) is 18.4. The van der Waals surface area contributed by atoms with Crippen LogP contribution in [0, 0.1) is 0 Å². The third-order valence-electron chi connectivity index (χ3n) is 3.71. The molecule has 2 N–H and O–H groups in total. The summed E-state index contributed by atoms with van der Waals surface area (Å²) in [6.07, 6.45) is 3.61. The van der Waals surface area contributed by atoms with Crippen LogP contribution in [0.2, 0.25) is 0 Å². The van der Waals surface area contributed by atoms with E-state index in [0.29, 0.717) is 5.56 Å². The molecule has 0 saturated carbocycles. The topological polar surface area (TPSA) is 60.8 Å². The summed E-state index contributed by atoms with van der Waals surface area (Å²) < 4.78 is 0. The Morgan fingerprint density at radius 1 is 1.21 bits per heavy atom. The predicted octanol–water partition coefficient (Wildman–Crippen LogP) is 1.77. The summed E-state index contributed by atoms with van der Waals surface area (Å²) in [6.45, 7) is 2.97. The van der Waals surface area contributed by atoms with E-state index in [-0.39, 0.29) is 6.10 Å². The second kappa shape index (κ2) is 6.68. The number of carboxylic acid groups (broad SMARTS) is 1. The number of nitrogens with zero attached hydrogens (tertiary/aromatic N) is 1. The molecule has 1 aliphatic rings. The van der Waals surface area contributed by atoms with Gasteiger partial charge in [0.25, 0.3) is 0 Å². The Kier molecular flexibility index (Phi) is 4.93. The van der Waals surface area contributed by atoms with Crippen molar-refractivity contribution in [2.45, 2.75) is 31.8 Å². The van der Waals surface area contributed by atoms with Gasteiger partial charge in [-0.25, -0.2) is 4.79 Å². The molecule has 1 unspecified atom stereocenters. The van der Waals surface area contributed by atoms with Gasteiger partial charge in [-0.1, -0.05) is 12.1 Å². The zero-order chi connectivity index (χ0) is 13.7. The molecule has 1 saturated heterocycles. The van der Waals surface area contributed by atoms with Gasteiger partial charge in [0.15, 0.2) is 0 Å². The maximum Gasteiger partial charge on any atom is 0.335 e. The van der Waals surface area contributed by atoms with E-state index >= 15 is 0 Å². The van der Waals surface area contributed by atoms with Crippen molar-refractivity contribution in [3.63, 3.8) is 0 Å². The average Bonchev–Trinajstić information content (AvgIpc) is 2.61. The van der Waals surface area contributed by atoms with E-state index in [1.54, 1.807) is 12.1 Å². The van der Waals surface area contributed by atoms with Crippen molar-refractivity contribution in [1.29, 1.82) is 0 Å². The van der Waals surface area contributed by atoms with Gasteiger partial charge in [0.1, 0.15) is 0 Å². The summed E-state index contributed by atoms with van der Waals surface area (Å²) >= 11 is 0. The molecule has 104 valence electrons. The molecule has 0 spiro atoms. The van der Waals surface area contributed by atoms with Crippen LogP contribution >= 0.6 is 0 Å². The molecule has 1 aromatic rings. The zero-order valence-electron chi connectivity index (χ0n) is 11.1. The fourth-order valence-electron chi connectivity index (χ4n) is 2.46. The summed E-state index contributed by atoms with van der Waals surface area (Å²) in [7, 11) is 0. The monoisotopic (exact) mass is 263 g/mol. The molecule has 19 heavy (non-hydrogen) atoms. The minimum absolute atomic E-state index is 0.139. The highest BCUT2D eigenvalue weighted by atomic mass is 16.4. The second-order valence-electron chi connectivity index (χ2n) is 5.18. The average molecular weight is 263 g/mol. The molecule has 2 rings (SSSR count). The molecule has 0 radical (unpaired) electrons. The van der Waals surface area contributed by atoms with Crippen LogP contribution in [0.5, 0.6) is 0 Å². The van der Waals surface area contributed by atoms with E-state index in [9.17, 15) is 9.90 Å². The lowest BCUT2D eigenvalue weighted by Gasteiger charge is -2.19. The van der Waals surface area contributed by atoms with Gasteiger partial charge in [0, 0.05) is 13.1 Å². The van der Waals surface area contributed by atoms with E-state index in [4.69, 9.17) is 5.11 Å². The van der Waals surface area contributed by atoms with Crippen LogP contribution in [0.3, 0.4) is 0 Å². The maximum absolute atomic E-state index is 10.8. The number of carbonyl (C=O) groups is 1. The number of hydrogen-bond acceptors (Lipinski definition) is 3. The number of aromatic carboxylic acids is 1. The van der Waals surface area contributed by atoms with Gasteiger partial charge in [0.2, 0.25) is 0 Å². The highest BCUT2D eigenvalue weighted by Gasteiger charge is 2.14. The number of benzene rings is 1. The molecule has 1 aromatic carbocycles. The summed E-state index contributed by atoms with van der Waals surface area (Å²) in [6, 6.07) is 7.08. The molecule has 1 fully saturated rings. The first kappa shape index (κ1) is 14.0. The van der Waals surface area contributed by atoms with Gasteiger partial charge in [-0.3, -0.25) is 0 Å². The van der Waals surface area contributed by atoms with Crippen LogP contribution in [0.25, 0.3) is 0 Å². The number of carboxylic acids is 1. The van der Waals surface area contributed by atoms with E-state index in [2.05, 4.69) is 4.90 Å². The molecule has 1 aliphatic heterocycles. The van der Waals surface area contributed by atoms with Gasteiger partial charge >= 0.3 is 5.97 Å². The first-order chi connectivity index (χ1) is 9.15. The molecule has 4 nitrogen and oxygen atoms in total. The second-order valence-corrected chi connectivity index (χ2v) is 5.18. The van der Waals surface area contributed by atoms with E-state index < -0.39 is 5.97 Å². The van der Waals surface area contributed by atoms with Crippen molar-refractivity contribution in [2.75, 3.05) is 19.6 Å². The lowest BCUT2D eigenvalue weighted by Crippen LogP contribution is -2.27. The molecule has 1 atom stereocenters. The predicted molar refractivity (Wildman–Crippen MR) is 73.4 cm³/mol.